The molecule has 3 saturated carbocycles. The van der Waals surface area contributed by atoms with Crippen molar-refractivity contribution in [1.82, 2.24) is 0 Å². The molecule has 2 N–H and O–H groups in total. The number of ether oxygens (including phenoxy) is 1. The molecule has 0 saturated heterocycles. The first-order valence-electron chi connectivity index (χ1n) is 5.75. The van der Waals surface area contributed by atoms with Crippen LogP contribution in [-0.2, 0) is 9.53 Å². The maximum atomic E-state index is 12.0. The van der Waals surface area contributed by atoms with Crippen LogP contribution in [0.1, 0.15) is 46.5 Å². The molecule has 3 aliphatic rings. The van der Waals surface area contributed by atoms with Crippen molar-refractivity contribution in [2.75, 3.05) is 6.54 Å². The predicted molar refractivity (Wildman–Crippen MR) is 58.2 cm³/mol. The number of esters is 1. The van der Waals surface area contributed by atoms with Crippen molar-refractivity contribution in [2.24, 2.45) is 16.6 Å². The summed E-state index contributed by atoms with van der Waals surface area (Å²) in [5.41, 5.74) is 5.48. The number of hydrogen-bond acceptors (Lipinski definition) is 3. The molecule has 0 aromatic rings. The molecule has 3 rings (SSSR count). The van der Waals surface area contributed by atoms with Gasteiger partial charge in [0.05, 0.1) is 5.41 Å². The summed E-state index contributed by atoms with van der Waals surface area (Å²) in [6, 6.07) is 0. The van der Waals surface area contributed by atoms with E-state index < -0.39 is 0 Å². The second kappa shape index (κ2) is 2.97. The van der Waals surface area contributed by atoms with Crippen LogP contribution in [0.15, 0.2) is 0 Å². The maximum absolute atomic E-state index is 12.0. The lowest BCUT2D eigenvalue weighted by atomic mass is 9.60. The van der Waals surface area contributed by atoms with E-state index in [1.54, 1.807) is 0 Å². The van der Waals surface area contributed by atoms with Crippen LogP contribution < -0.4 is 5.73 Å². The van der Waals surface area contributed by atoms with Crippen LogP contribution in [0.5, 0.6) is 0 Å². The number of fused-ring (bicyclic) bond motifs is 1. The van der Waals surface area contributed by atoms with E-state index in [1.165, 1.54) is 0 Å². The third-order valence-corrected chi connectivity index (χ3v) is 3.83. The molecule has 0 unspecified atom stereocenters. The second-order valence-electron chi connectivity index (χ2n) is 6.34. The van der Waals surface area contributed by atoms with Crippen LogP contribution in [0.25, 0.3) is 0 Å². The van der Waals surface area contributed by atoms with E-state index in [2.05, 4.69) is 0 Å². The van der Waals surface area contributed by atoms with Gasteiger partial charge in [0.2, 0.25) is 0 Å². The first-order valence-corrected chi connectivity index (χ1v) is 5.75. The topological polar surface area (TPSA) is 52.3 Å². The highest BCUT2D eigenvalue weighted by molar-refractivity contribution is 5.79. The lowest BCUT2D eigenvalue weighted by Crippen LogP contribution is -2.48. The van der Waals surface area contributed by atoms with Gasteiger partial charge in [0.15, 0.2) is 0 Å². The van der Waals surface area contributed by atoms with Gasteiger partial charge in [-0.25, -0.2) is 0 Å². The van der Waals surface area contributed by atoms with Crippen molar-refractivity contribution in [3.05, 3.63) is 0 Å². The zero-order chi connectivity index (χ0) is 11.3. The van der Waals surface area contributed by atoms with E-state index in [0.29, 0.717) is 0 Å². The molecule has 0 heterocycles. The Kier molecular flexibility index (Phi) is 2.16. The zero-order valence-electron chi connectivity index (χ0n) is 9.93. The fourth-order valence-electron chi connectivity index (χ4n) is 3.12. The van der Waals surface area contributed by atoms with Gasteiger partial charge in [-0.2, -0.15) is 0 Å². The van der Waals surface area contributed by atoms with Gasteiger partial charge in [0, 0.05) is 0 Å². The first-order chi connectivity index (χ1) is 6.81. The van der Waals surface area contributed by atoms with Crippen LogP contribution in [0.3, 0.4) is 0 Å². The standard InChI is InChI=1S/C12H21NO2/c1-10(2,3)15-9(14)12-5-4-11(6-12,7-12)8-13/h4-8,13H2,1-3H3. The van der Waals surface area contributed by atoms with Gasteiger partial charge in [0.25, 0.3) is 0 Å². The summed E-state index contributed by atoms with van der Waals surface area (Å²) in [5, 5.41) is 0. The Morgan fingerprint density at radius 2 is 1.93 bits per heavy atom. The molecule has 0 aliphatic heterocycles. The Balaban J connectivity index is 2.00. The average Bonchev–Trinajstić information content (AvgIpc) is 2.54. The summed E-state index contributed by atoms with van der Waals surface area (Å²) in [4.78, 5) is 12.0. The number of hydrogen-bond donors (Lipinski definition) is 1. The van der Waals surface area contributed by atoms with Crippen LogP contribution in [0, 0.1) is 10.8 Å². The quantitative estimate of drug-likeness (QED) is 0.709. The van der Waals surface area contributed by atoms with E-state index in [1.807, 2.05) is 20.8 Å². The Labute approximate surface area is 91.4 Å². The SMILES string of the molecule is CC(C)(C)OC(=O)C12CCC(CN)(C1)C2. The minimum absolute atomic E-state index is 0.00317. The van der Waals surface area contributed by atoms with Crippen LogP contribution in [0.2, 0.25) is 0 Å². The second-order valence-corrected chi connectivity index (χ2v) is 6.34. The molecule has 2 bridgehead atoms. The molecule has 3 nitrogen and oxygen atoms in total. The van der Waals surface area contributed by atoms with Crippen molar-refractivity contribution >= 4 is 5.97 Å². The molecule has 0 aromatic carbocycles. The molecular formula is C12H21NO2. The number of carbonyl (C=O) groups excluding carboxylic acids is 1. The fourth-order valence-corrected chi connectivity index (χ4v) is 3.12. The molecule has 3 aliphatic carbocycles. The minimum atomic E-state index is -0.366. The Hall–Kier alpha value is -0.570. The number of rotatable bonds is 2. The highest BCUT2D eigenvalue weighted by Crippen LogP contribution is 2.67. The third kappa shape index (κ3) is 1.67. The number of nitrogens with two attached hydrogens (primary N) is 1. The summed E-state index contributed by atoms with van der Waals surface area (Å²) in [5.74, 6) is -0.00317. The van der Waals surface area contributed by atoms with E-state index >= 15 is 0 Å². The summed E-state index contributed by atoms with van der Waals surface area (Å²) in [6.07, 6.45) is 3.97. The van der Waals surface area contributed by atoms with Crippen LogP contribution >= 0.6 is 0 Å². The van der Waals surface area contributed by atoms with Crippen LogP contribution in [0.4, 0.5) is 0 Å². The monoisotopic (exact) mass is 211 g/mol. The molecule has 0 spiro atoms. The fraction of sp³-hybridized carbons (Fsp3) is 0.917. The largest absolute Gasteiger partial charge is 0.460 e. The summed E-state index contributed by atoms with van der Waals surface area (Å²) in [7, 11) is 0. The Morgan fingerprint density at radius 3 is 2.33 bits per heavy atom. The molecular weight excluding hydrogens is 190 g/mol. The number of carbonyl (C=O) groups is 1. The van der Waals surface area contributed by atoms with Gasteiger partial charge in [-0.1, -0.05) is 0 Å². The molecule has 3 fully saturated rings. The van der Waals surface area contributed by atoms with Gasteiger partial charge in [0.1, 0.15) is 5.60 Å². The first kappa shape index (κ1) is 10.9. The van der Waals surface area contributed by atoms with Crippen molar-refractivity contribution in [3.8, 4) is 0 Å². The average molecular weight is 211 g/mol. The van der Waals surface area contributed by atoms with Crippen molar-refractivity contribution in [2.45, 2.75) is 52.1 Å². The van der Waals surface area contributed by atoms with E-state index in [-0.39, 0.29) is 22.4 Å². The van der Waals surface area contributed by atoms with Gasteiger partial charge in [-0.3, -0.25) is 4.79 Å². The molecule has 0 aromatic heterocycles. The van der Waals surface area contributed by atoms with E-state index in [9.17, 15) is 4.79 Å². The van der Waals surface area contributed by atoms with Gasteiger partial charge in [-0.15, -0.1) is 0 Å². The van der Waals surface area contributed by atoms with Crippen LogP contribution in [-0.4, -0.2) is 18.1 Å². The highest BCUT2D eigenvalue weighted by atomic mass is 16.6. The third-order valence-electron chi connectivity index (χ3n) is 3.83. The Morgan fingerprint density at radius 1 is 1.33 bits per heavy atom. The minimum Gasteiger partial charge on any atom is -0.460 e. The Bertz CT molecular complexity index is 284. The highest BCUT2D eigenvalue weighted by Gasteiger charge is 2.64. The predicted octanol–water partition coefficient (Wildman–Crippen LogP) is 1.85. The molecule has 0 radical (unpaired) electrons. The molecule has 15 heavy (non-hydrogen) atoms. The maximum Gasteiger partial charge on any atom is 0.312 e. The van der Waals surface area contributed by atoms with Crippen molar-refractivity contribution in [1.29, 1.82) is 0 Å². The molecule has 86 valence electrons. The van der Waals surface area contributed by atoms with Gasteiger partial charge >= 0.3 is 5.97 Å². The van der Waals surface area contributed by atoms with Gasteiger partial charge < -0.3 is 10.5 Å². The lowest BCUT2D eigenvalue weighted by Gasteiger charge is -2.45. The summed E-state index contributed by atoms with van der Waals surface area (Å²) < 4.78 is 5.47. The summed E-state index contributed by atoms with van der Waals surface area (Å²) >= 11 is 0. The van der Waals surface area contributed by atoms with Gasteiger partial charge in [-0.05, 0) is 58.4 Å². The zero-order valence-corrected chi connectivity index (χ0v) is 9.93. The van der Waals surface area contributed by atoms with Crippen molar-refractivity contribution in [3.63, 3.8) is 0 Å². The summed E-state index contributed by atoms with van der Waals surface area (Å²) in [6.45, 7) is 6.49. The van der Waals surface area contributed by atoms with E-state index in [0.717, 1.165) is 32.2 Å². The lowest BCUT2D eigenvalue weighted by molar-refractivity contribution is -0.175. The smallest absolute Gasteiger partial charge is 0.312 e. The van der Waals surface area contributed by atoms with Crippen molar-refractivity contribution < 1.29 is 9.53 Å². The molecule has 3 heteroatoms. The van der Waals surface area contributed by atoms with E-state index in [4.69, 9.17) is 10.5 Å². The normalized spacial score (nSPS) is 38.7. The molecule has 0 atom stereocenters. The molecule has 0 amide bonds.